The summed E-state index contributed by atoms with van der Waals surface area (Å²) in [4.78, 5) is 0. The van der Waals surface area contributed by atoms with Crippen LogP contribution in [0.2, 0.25) is 0 Å². The van der Waals surface area contributed by atoms with Gasteiger partial charge in [-0.05, 0) is 87.5 Å². The Morgan fingerprint density at radius 2 is 1.48 bits per heavy atom. The quantitative estimate of drug-likeness (QED) is 0.242. The lowest BCUT2D eigenvalue weighted by Gasteiger charge is -2.22. The molecule has 0 aliphatic heterocycles. The Labute approximate surface area is 188 Å². The Kier molecular flexibility index (Phi) is 7.07. The minimum Gasteiger partial charge on any atom is -0.0654 e. The SMILES string of the molecule is CCCCCCc1[c]c2ccccc2cc1-c1c(C(CC)CC)ccc2ccccc12. The summed E-state index contributed by atoms with van der Waals surface area (Å²) in [7, 11) is 0. The van der Waals surface area contributed by atoms with E-state index in [0.29, 0.717) is 5.92 Å². The van der Waals surface area contributed by atoms with Crippen molar-refractivity contribution in [1.82, 2.24) is 0 Å². The van der Waals surface area contributed by atoms with E-state index < -0.39 is 0 Å². The maximum Gasteiger partial charge on any atom is -0.00579 e. The molecule has 0 aromatic heterocycles. The van der Waals surface area contributed by atoms with E-state index in [1.54, 1.807) is 0 Å². The highest BCUT2D eigenvalue weighted by Crippen LogP contribution is 2.41. The van der Waals surface area contributed by atoms with Crippen LogP contribution < -0.4 is 0 Å². The lowest BCUT2D eigenvalue weighted by molar-refractivity contribution is 0.643. The summed E-state index contributed by atoms with van der Waals surface area (Å²) < 4.78 is 0. The van der Waals surface area contributed by atoms with Gasteiger partial charge in [-0.25, -0.2) is 0 Å². The van der Waals surface area contributed by atoms with E-state index in [9.17, 15) is 0 Å². The van der Waals surface area contributed by atoms with Crippen LogP contribution in [0, 0.1) is 6.07 Å². The van der Waals surface area contributed by atoms with Crippen molar-refractivity contribution in [3.8, 4) is 11.1 Å². The van der Waals surface area contributed by atoms with E-state index in [-0.39, 0.29) is 0 Å². The van der Waals surface area contributed by atoms with E-state index in [4.69, 9.17) is 0 Å². The molecule has 4 aromatic carbocycles. The van der Waals surface area contributed by atoms with Gasteiger partial charge in [0.25, 0.3) is 0 Å². The summed E-state index contributed by atoms with van der Waals surface area (Å²) in [5.74, 6) is 0.582. The lowest BCUT2D eigenvalue weighted by atomic mass is 9.82. The van der Waals surface area contributed by atoms with Crippen LogP contribution in [0.15, 0.2) is 66.7 Å². The molecule has 0 amide bonds. The minimum atomic E-state index is 0.582. The first-order valence-corrected chi connectivity index (χ1v) is 12.2. The second-order valence-corrected chi connectivity index (χ2v) is 8.82. The molecule has 0 N–H and O–H groups in total. The highest BCUT2D eigenvalue weighted by molar-refractivity contribution is 6.01. The van der Waals surface area contributed by atoms with Crippen molar-refractivity contribution in [3.63, 3.8) is 0 Å². The zero-order valence-corrected chi connectivity index (χ0v) is 19.4. The topological polar surface area (TPSA) is 0 Å². The molecule has 31 heavy (non-hydrogen) atoms. The third-order valence-corrected chi connectivity index (χ3v) is 6.81. The molecule has 0 atom stereocenters. The van der Waals surface area contributed by atoms with Crippen LogP contribution in [-0.2, 0) is 6.42 Å². The third kappa shape index (κ3) is 4.54. The molecule has 159 valence electrons. The smallest absolute Gasteiger partial charge is 0.00579 e. The van der Waals surface area contributed by atoms with Crippen LogP contribution in [0.25, 0.3) is 32.7 Å². The van der Waals surface area contributed by atoms with Crippen LogP contribution in [-0.4, -0.2) is 0 Å². The summed E-state index contributed by atoms with van der Waals surface area (Å²) in [5.41, 5.74) is 5.73. The maximum atomic E-state index is 3.84. The van der Waals surface area contributed by atoms with Crippen molar-refractivity contribution in [1.29, 1.82) is 0 Å². The zero-order chi connectivity index (χ0) is 21.6. The Balaban J connectivity index is 1.97. The first-order valence-electron chi connectivity index (χ1n) is 12.2. The van der Waals surface area contributed by atoms with Crippen molar-refractivity contribution < 1.29 is 0 Å². The van der Waals surface area contributed by atoms with Gasteiger partial charge in [0.05, 0.1) is 0 Å². The van der Waals surface area contributed by atoms with Gasteiger partial charge in [-0.1, -0.05) is 101 Å². The molecule has 4 aromatic rings. The Bertz CT molecular complexity index is 1150. The molecule has 0 heterocycles. The van der Waals surface area contributed by atoms with Gasteiger partial charge in [0.2, 0.25) is 0 Å². The van der Waals surface area contributed by atoms with Gasteiger partial charge < -0.3 is 0 Å². The lowest BCUT2D eigenvalue weighted by Crippen LogP contribution is -2.02. The molecule has 0 fully saturated rings. The summed E-state index contributed by atoms with van der Waals surface area (Å²) >= 11 is 0. The molecule has 0 aliphatic carbocycles. The molecule has 4 rings (SSSR count). The van der Waals surface area contributed by atoms with Crippen LogP contribution in [0.3, 0.4) is 0 Å². The third-order valence-electron chi connectivity index (χ3n) is 6.81. The van der Waals surface area contributed by atoms with Gasteiger partial charge >= 0.3 is 0 Å². The van der Waals surface area contributed by atoms with Crippen molar-refractivity contribution in [2.24, 2.45) is 0 Å². The number of rotatable bonds is 9. The van der Waals surface area contributed by atoms with E-state index in [1.807, 2.05) is 0 Å². The fraction of sp³-hybridized carbons (Fsp3) is 0.355. The largest absolute Gasteiger partial charge is 0.0654 e. The van der Waals surface area contributed by atoms with Crippen LogP contribution in [0.1, 0.15) is 76.3 Å². The average Bonchev–Trinajstić information content (AvgIpc) is 2.82. The number of unbranched alkanes of at least 4 members (excludes halogenated alkanes) is 3. The van der Waals surface area contributed by atoms with Gasteiger partial charge in [-0.15, -0.1) is 0 Å². The molecule has 0 bridgehead atoms. The Hall–Kier alpha value is -2.60. The highest BCUT2D eigenvalue weighted by atomic mass is 14.2. The standard InChI is InChI=1S/C31H35/c1-4-7-8-9-17-27-21-25-15-10-11-16-26(25)22-30(27)31-28-18-13-12-14-24(28)19-20-29(31)23(5-2)6-3/h10-16,18-20,22-23H,4-9,17H2,1-3H3. The number of fused-ring (bicyclic) bond motifs is 2. The zero-order valence-electron chi connectivity index (χ0n) is 19.4. The Morgan fingerprint density at radius 3 is 2.26 bits per heavy atom. The molecule has 0 saturated heterocycles. The first kappa shape index (κ1) is 21.6. The van der Waals surface area contributed by atoms with Crippen molar-refractivity contribution in [2.75, 3.05) is 0 Å². The molecule has 0 heteroatoms. The Morgan fingerprint density at radius 1 is 0.742 bits per heavy atom. The summed E-state index contributed by atoms with van der Waals surface area (Å²) in [5, 5.41) is 5.24. The predicted molar refractivity (Wildman–Crippen MR) is 137 cm³/mol. The molecule has 0 unspecified atom stereocenters. The number of hydrogen-bond acceptors (Lipinski definition) is 0. The number of aryl methyl sites for hydroxylation is 1. The molecule has 0 aliphatic rings. The van der Waals surface area contributed by atoms with Crippen molar-refractivity contribution >= 4 is 21.5 Å². The van der Waals surface area contributed by atoms with E-state index in [2.05, 4.69) is 93.6 Å². The summed E-state index contributed by atoms with van der Waals surface area (Å²) in [6.07, 6.45) is 8.57. The number of hydrogen-bond donors (Lipinski definition) is 0. The van der Waals surface area contributed by atoms with Crippen LogP contribution in [0.5, 0.6) is 0 Å². The predicted octanol–water partition coefficient (Wildman–Crippen LogP) is 9.49. The molecule has 0 spiro atoms. The molecular formula is C31H35. The monoisotopic (exact) mass is 407 g/mol. The maximum absolute atomic E-state index is 3.84. The van der Waals surface area contributed by atoms with Crippen molar-refractivity contribution in [3.05, 3.63) is 83.9 Å². The molecule has 1 radical (unpaired) electrons. The summed E-state index contributed by atoms with van der Waals surface area (Å²) in [6.45, 7) is 6.93. The van der Waals surface area contributed by atoms with Crippen LogP contribution in [0.4, 0.5) is 0 Å². The first-order chi connectivity index (χ1) is 15.3. The normalized spacial score (nSPS) is 11.6. The van der Waals surface area contributed by atoms with Gasteiger partial charge in [0.1, 0.15) is 0 Å². The van der Waals surface area contributed by atoms with Gasteiger partial charge in [0.15, 0.2) is 0 Å². The van der Waals surface area contributed by atoms with Gasteiger partial charge in [-0.2, -0.15) is 0 Å². The van der Waals surface area contributed by atoms with E-state index >= 15 is 0 Å². The highest BCUT2D eigenvalue weighted by Gasteiger charge is 2.19. The second kappa shape index (κ2) is 10.1. The summed E-state index contributed by atoms with van der Waals surface area (Å²) in [6, 6.07) is 28.6. The average molecular weight is 408 g/mol. The fourth-order valence-electron chi connectivity index (χ4n) is 5.02. The van der Waals surface area contributed by atoms with Gasteiger partial charge in [-0.3, -0.25) is 0 Å². The molecule has 0 saturated carbocycles. The van der Waals surface area contributed by atoms with Crippen LogP contribution >= 0.6 is 0 Å². The van der Waals surface area contributed by atoms with E-state index in [1.165, 1.54) is 82.3 Å². The fourth-order valence-corrected chi connectivity index (χ4v) is 5.02. The van der Waals surface area contributed by atoms with Crippen molar-refractivity contribution in [2.45, 2.75) is 71.6 Å². The second-order valence-electron chi connectivity index (χ2n) is 8.82. The van der Waals surface area contributed by atoms with Gasteiger partial charge in [0, 0.05) is 0 Å². The minimum absolute atomic E-state index is 0.582. The molecule has 0 nitrogen and oxygen atoms in total. The number of benzene rings is 4. The van der Waals surface area contributed by atoms with E-state index in [0.717, 1.165) is 6.42 Å². The molecular weight excluding hydrogens is 372 g/mol.